The molecule has 0 unspecified atom stereocenters. The van der Waals surface area contributed by atoms with Crippen molar-refractivity contribution in [3.05, 3.63) is 10.6 Å². The maximum absolute atomic E-state index is 6.01. The first kappa shape index (κ1) is 19.4. The van der Waals surface area contributed by atoms with Crippen LogP contribution >= 0.6 is 11.8 Å². The summed E-state index contributed by atoms with van der Waals surface area (Å²) in [6.45, 7) is 8.84. The minimum atomic E-state index is 0.373. The molecular formula is C20H34N2O2S. The molecule has 1 aliphatic carbocycles. The largest absolute Gasteiger partial charge is 0.381 e. The summed E-state index contributed by atoms with van der Waals surface area (Å²) in [4.78, 5) is 8.29. The molecule has 5 heteroatoms. The van der Waals surface area contributed by atoms with Gasteiger partial charge in [-0.15, -0.1) is 11.8 Å². The zero-order valence-corrected chi connectivity index (χ0v) is 16.4. The fourth-order valence-corrected chi connectivity index (χ4v) is 5.09. The predicted octanol–water partition coefficient (Wildman–Crippen LogP) is 4.46. The summed E-state index contributed by atoms with van der Waals surface area (Å²) >= 11 is 1.83. The molecule has 25 heavy (non-hydrogen) atoms. The van der Waals surface area contributed by atoms with Crippen molar-refractivity contribution in [3.8, 4) is 0 Å². The third-order valence-corrected chi connectivity index (χ3v) is 6.87. The van der Waals surface area contributed by atoms with Crippen LogP contribution in [-0.2, 0) is 9.47 Å². The summed E-state index contributed by atoms with van der Waals surface area (Å²) in [5.41, 5.74) is 1.18. The molecule has 0 aromatic carbocycles. The van der Waals surface area contributed by atoms with Gasteiger partial charge < -0.3 is 9.47 Å². The summed E-state index contributed by atoms with van der Waals surface area (Å²) in [5.74, 6) is 1.70. The highest BCUT2D eigenvalue weighted by molar-refractivity contribution is 8.02. The molecule has 0 amide bonds. The van der Waals surface area contributed by atoms with Crippen molar-refractivity contribution in [2.45, 2.75) is 63.9 Å². The lowest BCUT2D eigenvalue weighted by Gasteiger charge is -2.31. The SMILES string of the molecule is C=NC1=C(SCOC2CCOCC2)CCN(CCC2CCCCC2)C1. The van der Waals surface area contributed by atoms with Gasteiger partial charge in [-0.1, -0.05) is 32.1 Å². The van der Waals surface area contributed by atoms with Gasteiger partial charge >= 0.3 is 0 Å². The van der Waals surface area contributed by atoms with E-state index in [4.69, 9.17) is 9.47 Å². The first-order valence-electron chi connectivity index (χ1n) is 10.1. The van der Waals surface area contributed by atoms with Crippen LogP contribution in [0.15, 0.2) is 15.6 Å². The Morgan fingerprint density at radius 1 is 1.16 bits per heavy atom. The standard InChI is InChI=1S/C20H34N2O2S/c1-21-19-15-22(11-7-17-5-3-2-4-6-17)12-8-20(19)25-16-24-18-9-13-23-14-10-18/h17-18H,1-16H2. The Morgan fingerprint density at radius 3 is 2.72 bits per heavy atom. The Hall–Kier alpha value is -0.360. The predicted molar refractivity (Wildman–Crippen MR) is 106 cm³/mol. The van der Waals surface area contributed by atoms with Gasteiger partial charge in [-0.2, -0.15) is 0 Å². The van der Waals surface area contributed by atoms with E-state index >= 15 is 0 Å². The lowest BCUT2D eigenvalue weighted by atomic mass is 9.87. The molecule has 3 aliphatic rings. The summed E-state index contributed by atoms with van der Waals surface area (Å²) in [7, 11) is 0. The van der Waals surface area contributed by atoms with E-state index in [1.54, 1.807) is 0 Å². The highest BCUT2D eigenvalue weighted by Crippen LogP contribution is 2.31. The van der Waals surface area contributed by atoms with Crippen LogP contribution in [0.3, 0.4) is 0 Å². The van der Waals surface area contributed by atoms with Crippen molar-refractivity contribution < 1.29 is 9.47 Å². The quantitative estimate of drug-likeness (QED) is 0.469. The Morgan fingerprint density at radius 2 is 1.96 bits per heavy atom. The van der Waals surface area contributed by atoms with E-state index < -0.39 is 0 Å². The summed E-state index contributed by atoms with van der Waals surface area (Å²) < 4.78 is 11.4. The van der Waals surface area contributed by atoms with E-state index in [-0.39, 0.29) is 0 Å². The van der Waals surface area contributed by atoms with Crippen molar-refractivity contribution >= 4 is 18.5 Å². The highest BCUT2D eigenvalue weighted by atomic mass is 32.2. The molecule has 142 valence electrons. The maximum atomic E-state index is 6.01. The Bertz CT molecular complexity index is 443. The second-order valence-corrected chi connectivity index (χ2v) is 8.60. The summed E-state index contributed by atoms with van der Waals surface area (Å²) in [6, 6.07) is 0. The minimum absolute atomic E-state index is 0.373. The molecule has 0 N–H and O–H groups in total. The van der Waals surface area contributed by atoms with Crippen molar-refractivity contribution in [2.75, 3.05) is 38.8 Å². The van der Waals surface area contributed by atoms with Gasteiger partial charge in [0.1, 0.15) is 0 Å². The van der Waals surface area contributed by atoms with Gasteiger partial charge in [0.05, 0.1) is 17.7 Å². The van der Waals surface area contributed by atoms with Crippen molar-refractivity contribution in [2.24, 2.45) is 10.9 Å². The molecule has 1 saturated carbocycles. The second-order valence-electron chi connectivity index (χ2n) is 7.59. The van der Waals surface area contributed by atoms with E-state index in [0.717, 1.165) is 57.4 Å². The van der Waals surface area contributed by atoms with Gasteiger partial charge in [0.15, 0.2) is 0 Å². The van der Waals surface area contributed by atoms with Gasteiger partial charge in [-0.25, -0.2) is 0 Å². The number of ether oxygens (including phenoxy) is 2. The van der Waals surface area contributed by atoms with Gasteiger partial charge in [-0.3, -0.25) is 9.89 Å². The van der Waals surface area contributed by atoms with Crippen LogP contribution in [-0.4, -0.2) is 56.5 Å². The third kappa shape index (κ3) is 6.38. The minimum Gasteiger partial charge on any atom is -0.381 e. The number of aliphatic imine (C=N–C) groups is 1. The highest BCUT2D eigenvalue weighted by Gasteiger charge is 2.21. The van der Waals surface area contributed by atoms with Gasteiger partial charge in [0, 0.05) is 31.2 Å². The van der Waals surface area contributed by atoms with Crippen LogP contribution in [0.25, 0.3) is 0 Å². The topological polar surface area (TPSA) is 34.1 Å². The maximum Gasteiger partial charge on any atom is 0.0968 e. The monoisotopic (exact) mass is 366 g/mol. The van der Waals surface area contributed by atoms with Crippen LogP contribution < -0.4 is 0 Å². The molecule has 0 aromatic rings. The third-order valence-electron chi connectivity index (χ3n) is 5.82. The molecule has 0 atom stereocenters. The number of hydrogen-bond donors (Lipinski definition) is 0. The lowest BCUT2D eigenvalue weighted by Crippen LogP contribution is -2.33. The zero-order chi connectivity index (χ0) is 17.3. The molecule has 4 nitrogen and oxygen atoms in total. The van der Waals surface area contributed by atoms with Crippen LogP contribution in [0.1, 0.15) is 57.8 Å². The smallest absolute Gasteiger partial charge is 0.0968 e. The second kappa shape index (κ2) is 10.7. The molecule has 1 saturated heterocycles. The van der Waals surface area contributed by atoms with E-state index in [1.165, 1.54) is 55.7 Å². The Labute approximate surface area is 157 Å². The van der Waals surface area contributed by atoms with Gasteiger partial charge in [0.25, 0.3) is 0 Å². The molecular weight excluding hydrogens is 332 g/mol. The Kier molecular flexibility index (Phi) is 8.31. The molecule has 0 radical (unpaired) electrons. The van der Waals surface area contributed by atoms with E-state index in [1.807, 2.05) is 11.8 Å². The first-order chi connectivity index (χ1) is 12.3. The first-order valence-corrected chi connectivity index (χ1v) is 11.1. The zero-order valence-electron chi connectivity index (χ0n) is 15.6. The van der Waals surface area contributed by atoms with Gasteiger partial charge in [-0.05, 0) is 44.9 Å². The normalized spacial score (nSPS) is 24.6. The van der Waals surface area contributed by atoms with E-state index in [2.05, 4.69) is 16.6 Å². The molecule has 2 heterocycles. The Balaban J connectivity index is 1.39. The number of rotatable bonds is 8. The molecule has 2 aliphatic heterocycles. The average Bonchev–Trinajstić information content (AvgIpc) is 2.68. The van der Waals surface area contributed by atoms with Crippen LogP contribution in [0, 0.1) is 5.92 Å². The van der Waals surface area contributed by atoms with E-state index in [0.29, 0.717) is 6.10 Å². The fraction of sp³-hybridized carbons (Fsp3) is 0.850. The van der Waals surface area contributed by atoms with E-state index in [9.17, 15) is 0 Å². The van der Waals surface area contributed by atoms with Crippen molar-refractivity contribution in [1.29, 1.82) is 0 Å². The average molecular weight is 367 g/mol. The van der Waals surface area contributed by atoms with Crippen molar-refractivity contribution in [3.63, 3.8) is 0 Å². The number of nitrogens with zero attached hydrogens (tertiary/aromatic N) is 2. The molecule has 0 bridgehead atoms. The van der Waals surface area contributed by atoms with Crippen molar-refractivity contribution in [1.82, 2.24) is 4.90 Å². The molecule has 0 aromatic heterocycles. The summed E-state index contributed by atoms with van der Waals surface area (Å²) in [5, 5.41) is 0. The summed E-state index contributed by atoms with van der Waals surface area (Å²) in [6.07, 6.45) is 12.1. The number of thioether (sulfide) groups is 1. The molecule has 2 fully saturated rings. The van der Waals surface area contributed by atoms with Crippen LogP contribution in [0.4, 0.5) is 0 Å². The van der Waals surface area contributed by atoms with Gasteiger partial charge in [0.2, 0.25) is 0 Å². The molecule has 3 rings (SSSR count). The van der Waals surface area contributed by atoms with Crippen LogP contribution in [0.2, 0.25) is 0 Å². The molecule has 0 spiro atoms. The lowest BCUT2D eigenvalue weighted by molar-refractivity contribution is -0.0152. The fourth-order valence-electron chi connectivity index (χ4n) is 4.15. The number of hydrogen-bond acceptors (Lipinski definition) is 5. The van der Waals surface area contributed by atoms with Crippen LogP contribution in [0.5, 0.6) is 0 Å².